The number of aliphatic carboxylic acids is 1. The fourth-order valence-electron chi connectivity index (χ4n) is 1.50. The van der Waals surface area contributed by atoms with Gasteiger partial charge in [0.15, 0.2) is 5.92 Å². The van der Waals surface area contributed by atoms with Crippen molar-refractivity contribution in [3.63, 3.8) is 0 Å². The predicted octanol–water partition coefficient (Wildman–Crippen LogP) is 0.873. The van der Waals surface area contributed by atoms with Crippen molar-refractivity contribution in [2.75, 3.05) is 11.4 Å². The van der Waals surface area contributed by atoms with Crippen molar-refractivity contribution in [2.45, 2.75) is 0 Å². The Morgan fingerprint density at radius 2 is 2.13 bits per heavy atom. The van der Waals surface area contributed by atoms with Gasteiger partial charge in [0.25, 0.3) is 0 Å². The minimum absolute atomic E-state index is 0.0368. The van der Waals surface area contributed by atoms with Gasteiger partial charge in [-0.25, -0.2) is 4.39 Å². The fourth-order valence-corrected chi connectivity index (χ4v) is 1.50. The maximum absolute atomic E-state index is 13.2. The molecule has 1 aliphatic rings. The Morgan fingerprint density at radius 3 is 2.67 bits per heavy atom. The van der Waals surface area contributed by atoms with Crippen LogP contribution in [0.3, 0.4) is 0 Å². The molecular weight excluding hydrogens is 201 g/mol. The van der Waals surface area contributed by atoms with Gasteiger partial charge < -0.3 is 10.0 Å². The quantitative estimate of drug-likeness (QED) is 0.580. The Balaban J connectivity index is 2.20. The second-order valence-corrected chi connectivity index (χ2v) is 3.29. The molecule has 1 amide bonds. The molecule has 15 heavy (non-hydrogen) atoms. The van der Waals surface area contributed by atoms with Crippen molar-refractivity contribution in [1.29, 1.82) is 0 Å². The van der Waals surface area contributed by atoms with Crippen LogP contribution in [0.4, 0.5) is 10.1 Å². The van der Waals surface area contributed by atoms with E-state index in [4.69, 9.17) is 5.11 Å². The standard InChI is InChI=1S/C10H8FNO3/c11-7-3-1-2-4-8(7)12-5-6(9(12)13)10(14)15/h1-4,6H,5H2,(H,14,15). The highest BCUT2D eigenvalue weighted by Crippen LogP contribution is 2.28. The summed E-state index contributed by atoms with van der Waals surface area (Å²) < 4.78 is 13.2. The van der Waals surface area contributed by atoms with Crippen molar-refractivity contribution in [3.8, 4) is 0 Å². The number of anilines is 1. The fraction of sp³-hybridized carbons (Fsp3) is 0.200. The molecule has 0 bridgehead atoms. The number of carbonyl (C=O) groups is 2. The lowest BCUT2D eigenvalue weighted by Gasteiger charge is -2.35. The summed E-state index contributed by atoms with van der Waals surface area (Å²) in [7, 11) is 0. The van der Waals surface area contributed by atoms with Crippen LogP contribution in [0.1, 0.15) is 0 Å². The SMILES string of the molecule is O=C(O)C1CN(c2ccccc2F)C1=O. The highest BCUT2D eigenvalue weighted by atomic mass is 19.1. The number of carboxylic acids is 1. The van der Waals surface area contributed by atoms with Crippen LogP contribution < -0.4 is 4.90 Å². The van der Waals surface area contributed by atoms with Gasteiger partial charge in [0.2, 0.25) is 5.91 Å². The van der Waals surface area contributed by atoms with Crippen LogP contribution in [-0.4, -0.2) is 23.5 Å². The molecule has 1 N–H and O–H groups in total. The second-order valence-electron chi connectivity index (χ2n) is 3.29. The van der Waals surface area contributed by atoms with Crippen molar-refractivity contribution in [1.82, 2.24) is 0 Å². The van der Waals surface area contributed by atoms with Crippen molar-refractivity contribution in [3.05, 3.63) is 30.1 Å². The van der Waals surface area contributed by atoms with E-state index in [1.807, 2.05) is 0 Å². The van der Waals surface area contributed by atoms with Crippen LogP contribution in [0, 0.1) is 11.7 Å². The van der Waals surface area contributed by atoms with Crippen molar-refractivity contribution in [2.24, 2.45) is 5.92 Å². The Hall–Kier alpha value is -1.91. The summed E-state index contributed by atoms with van der Waals surface area (Å²) in [5.41, 5.74) is 0.139. The molecule has 1 saturated heterocycles. The summed E-state index contributed by atoms with van der Waals surface area (Å²) in [6, 6.07) is 5.79. The molecule has 2 rings (SSSR count). The zero-order chi connectivity index (χ0) is 11.0. The van der Waals surface area contributed by atoms with E-state index in [2.05, 4.69) is 0 Å². The smallest absolute Gasteiger partial charge is 0.317 e. The number of para-hydroxylation sites is 1. The molecule has 78 valence electrons. The van der Waals surface area contributed by atoms with Crippen molar-refractivity contribution >= 4 is 17.6 Å². The predicted molar refractivity (Wildman–Crippen MR) is 49.9 cm³/mol. The number of hydrogen-bond donors (Lipinski definition) is 1. The molecule has 5 heteroatoms. The van der Waals surface area contributed by atoms with E-state index in [1.54, 1.807) is 6.07 Å². The Bertz CT molecular complexity index is 432. The van der Waals surface area contributed by atoms with Gasteiger partial charge in [-0.05, 0) is 12.1 Å². The monoisotopic (exact) mass is 209 g/mol. The van der Waals surface area contributed by atoms with Crippen LogP contribution in [0.5, 0.6) is 0 Å². The van der Waals surface area contributed by atoms with Crippen LogP contribution in [0.25, 0.3) is 0 Å². The minimum Gasteiger partial charge on any atom is -0.481 e. The highest BCUT2D eigenvalue weighted by molar-refractivity contribution is 6.12. The number of benzene rings is 1. The maximum Gasteiger partial charge on any atom is 0.317 e. The van der Waals surface area contributed by atoms with Gasteiger partial charge in [0, 0.05) is 6.54 Å². The third-order valence-electron chi connectivity index (χ3n) is 2.37. The topological polar surface area (TPSA) is 57.6 Å². The Morgan fingerprint density at radius 1 is 1.47 bits per heavy atom. The summed E-state index contributed by atoms with van der Waals surface area (Å²) in [4.78, 5) is 23.0. The molecule has 1 aromatic rings. The molecule has 1 aromatic carbocycles. The van der Waals surface area contributed by atoms with Gasteiger partial charge in [-0.15, -0.1) is 0 Å². The molecule has 0 spiro atoms. The number of nitrogens with zero attached hydrogens (tertiary/aromatic N) is 1. The van der Waals surface area contributed by atoms with E-state index in [1.165, 1.54) is 18.2 Å². The number of carbonyl (C=O) groups excluding carboxylic acids is 1. The van der Waals surface area contributed by atoms with Gasteiger partial charge in [-0.3, -0.25) is 9.59 Å². The molecule has 1 fully saturated rings. The molecule has 4 nitrogen and oxygen atoms in total. The normalized spacial score (nSPS) is 19.9. The summed E-state index contributed by atoms with van der Waals surface area (Å²) in [6.45, 7) is 0.0368. The first-order chi connectivity index (χ1) is 7.11. The molecule has 0 radical (unpaired) electrons. The molecular formula is C10H8FNO3. The first kappa shape index (κ1) is 9.64. The molecule has 0 aliphatic carbocycles. The number of amides is 1. The lowest BCUT2D eigenvalue weighted by molar-refractivity contribution is -0.149. The first-order valence-corrected chi connectivity index (χ1v) is 4.40. The average molecular weight is 209 g/mol. The van der Waals surface area contributed by atoms with E-state index in [0.29, 0.717) is 0 Å². The van der Waals surface area contributed by atoms with Crippen LogP contribution in [-0.2, 0) is 9.59 Å². The van der Waals surface area contributed by atoms with E-state index in [-0.39, 0.29) is 12.2 Å². The van der Waals surface area contributed by atoms with E-state index < -0.39 is 23.6 Å². The van der Waals surface area contributed by atoms with E-state index in [0.717, 1.165) is 4.90 Å². The summed E-state index contributed by atoms with van der Waals surface area (Å²) in [6.07, 6.45) is 0. The number of carboxylic acid groups (broad SMARTS) is 1. The van der Waals surface area contributed by atoms with Gasteiger partial charge in [-0.2, -0.15) is 0 Å². The van der Waals surface area contributed by atoms with Crippen LogP contribution in [0.2, 0.25) is 0 Å². The summed E-state index contributed by atoms with van der Waals surface area (Å²) in [5.74, 6) is -3.26. The Labute approximate surface area is 84.9 Å². The largest absolute Gasteiger partial charge is 0.481 e. The highest BCUT2D eigenvalue weighted by Gasteiger charge is 2.43. The lowest BCUT2D eigenvalue weighted by atomic mass is 9.98. The summed E-state index contributed by atoms with van der Waals surface area (Å²) in [5, 5.41) is 8.60. The summed E-state index contributed by atoms with van der Waals surface area (Å²) >= 11 is 0. The third kappa shape index (κ3) is 1.45. The molecule has 1 unspecified atom stereocenters. The van der Waals surface area contributed by atoms with Gasteiger partial charge in [0.05, 0.1) is 5.69 Å². The number of rotatable bonds is 2. The van der Waals surface area contributed by atoms with Gasteiger partial charge in [0.1, 0.15) is 5.82 Å². The first-order valence-electron chi connectivity index (χ1n) is 4.40. The average Bonchev–Trinajstić information content (AvgIpc) is 2.18. The number of hydrogen-bond acceptors (Lipinski definition) is 2. The van der Waals surface area contributed by atoms with Crippen LogP contribution >= 0.6 is 0 Å². The number of halogens is 1. The minimum atomic E-state index is -1.16. The maximum atomic E-state index is 13.2. The van der Waals surface area contributed by atoms with Gasteiger partial charge >= 0.3 is 5.97 Å². The third-order valence-corrected chi connectivity index (χ3v) is 2.37. The van der Waals surface area contributed by atoms with E-state index >= 15 is 0 Å². The molecule has 1 atom stereocenters. The molecule has 1 aliphatic heterocycles. The zero-order valence-electron chi connectivity index (χ0n) is 7.68. The second kappa shape index (κ2) is 3.34. The van der Waals surface area contributed by atoms with Gasteiger partial charge in [-0.1, -0.05) is 12.1 Å². The number of β-lactam (4-membered cyclic amide) rings is 1. The Kier molecular flexibility index (Phi) is 2.15. The van der Waals surface area contributed by atoms with Crippen molar-refractivity contribution < 1.29 is 19.1 Å². The molecule has 1 heterocycles. The molecule has 0 aromatic heterocycles. The molecule has 0 saturated carbocycles. The lowest BCUT2D eigenvalue weighted by Crippen LogP contribution is -2.56. The zero-order valence-corrected chi connectivity index (χ0v) is 7.68. The van der Waals surface area contributed by atoms with E-state index in [9.17, 15) is 14.0 Å². The van der Waals surface area contributed by atoms with Crippen LogP contribution in [0.15, 0.2) is 24.3 Å².